The van der Waals surface area contributed by atoms with Crippen LogP contribution in [0.25, 0.3) is 0 Å². The Morgan fingerprint density at radius 2 is 2.42 bits per heavy atom. The molecule has 2 bridgehead atoms. The molecule has 3 rings (SSSR count). The second-order valence-corrected chi connectivity index (χ2v) is 2.42. The van der Waals surface area contributed by atoms with Crippen LogP contribution in [0.4, 0.5) is 11.8 Å². The van der Waals surface area contributed by atoms with Crippen molar-refractivity contribution in [1.29, 1.82) is 5.53 Å². The van der Waals surface area contributed by atoms with Crippen LogP contribution >= 0.6 is 0 Å². The van der Waals surface area contributed by atoms with E-state index in [0.29, 0.717) is 17.5 Å². The average molecular weight is 166 g/mol. The monoisotopic (exact) mass is 166 g/mol. The van der Waals surface area contributed by atoms with E-state index in [9.17, 15) is 4.79 Å². The van der Waals surface area contributed by atoms with E-state index >= 15 is 0 Å². The first-order chi connectivity index (χ1) is 5.66. The van der Waals surface area contributed by atoms with Crippen molar-refractivity contribution in [3.63, 3.8) is 0 Å². The van der Waals surface area contributed by atoms with Crippen LogP contribution in [0.2, 0.25) is 0 Å². The molecular formula is C5H6N6O. The summed E-state index contributed by atoms with van der Waals surface area (Å²) < 4.78 is 1.51. The predicted octanol–water partition coefficient (Wildman–Crippen LogP) is -0.0835. The first-order valence-corrected chi connectivity index (χ1v) is 3.21. The van der Waals surface area contributed by atoms with Crippen LogP contribution in [-0.4, -0.2) is 15.5 Å². The normalized spacial score (nSPS) is 12.6. The van der Waals surface area contributed by atoms with Crippen LogP contribution in [0.1, 0.15) is 10.5 Å². The summed E-state index contributed by atoms with van der Waals surface area (Å²) in [5.41, 5.74) is 12.1. The summed E-state index contributed by atoms with van der Waals surface area (Å²) in [6.07, 6.45) is 0. The summed E-state index contributed by atoms with van der Waals surface area (Å²) >= 11 is 0. The molecule has 12 heavy (non-hydrogen) atoms. The molecule has 3 N–H and O–H groups in total. The summed E-state index contributed by atoms with van der Waals surface area (Å²) in [5, 5.41) is 4.40. The second-order valence-electron chi connectivity index (χ2n) is 2.42. The van der Waals surface area contributed by atoms with Crippen molar-refractivity contribution in [2.75, 3.05) is 5.01 Å². The van der Waals surface area contributed by atoms with Gasteiger partial charge in [-0.1, -0.05) is 5.22 Å². The molecule has 0 atom stereocenters. The van der Waals surface area contributed by atoms with Gasteiger partial charge in [-0.3, -0.25) is 4.79 Å². The fourth-order valence-electron chi connectivity index (χ4n) is 1.23. The first-order valence-electron chi connectivity index (χ1n) is 3.21. The van der Waals surface area contributed by atoms with Crippen LogP contribution in [0.3, 0.4) is 0 Å². The zero-order valence-electron chi connectivity index (χ0n) is 6.27. The molecule has 1 aromatic rings. The molecule has 0 unspecified atom stereocenters. The van der Waals surface area contributed by atoms with E-state index in [0.717, 1.165) is 0 Å². The van der Waals surface area contributed by atoms with E-state index in [-0.39, 0.29) is 0 Å². The van der Waals surface area contributed by atoms with Crippen LogP contribution < -0.4 is 10.7 Å². The van der Waals surface area contributed by atoms with Crippen LogP contribution in [-0.2, 0) is 7.05 Å². The van der Waals surface area contributed by atoms with Gasteiger partial charge in [0.2, 0.25) is 5.95 Å². The minimum absolute atomic E-state index is 0.293. The number of anilines is 2. The Labute approximate surface area is 67.3 Å². The van der Waals surface area contributed by atoms with E-state index in [4.69, 9.17) is 11.3 Å². The lowest BCUT2D eigenvalue weighted by atomic mass is 10.4. The highest BCUT2D eigenvalue weighted by atomic mass is 16.1. The Morgan fingerprint density at radius 3 is 2.75 bits per heavy atom. The molecule has 7 nitrogen and oxygen atoms in total. The highest BCUT2D eigenvalue weighted by Gasteiger charge is 2.36. The molecule has 0 saturated heterocycles. The van der Waals surface area contributed by atoms with E-state index < -0.39 is 5.91 Å². The smallest absolute Gasteiger partial charge is 0.269 e. The van der Waals surface area contributed by atoms with Crippen LogP contribution in [0, 0.1) is 5.53 Å². The molecule has 1 amide bonds. The standard InChI is InChI=1S/C5H6N6O/c1-10-2(3(6)12)4-8-5(10)11(4)9-7/h7H,1H3,(H2,6,12). The van der Waals surface area contributed by atoms with Gasteiger partial charge in [-0.15, -0.1) is 0 Å². The number of hydrogen-bond acceptors (Lipinski definition) is 4. The second kappa shape index (κ2) is 1.81. The quantitative estimate of drug-likeness (QED) is 0.600. The number of aromatic nitrogens is 2. The molecular weight excluding hydrogens is 160 g/mol. The number of nitrogens with two attached hydrogens (primary N) is 1. The third kappa shape index (κ3) is 0.514. The van der Waals surface area contributed by atoms with E-state index in [1.807, 2.05) is 0 Å². The minimum atomic E-state index is -0.558. The molecule has 0 radical (unpaired) electrons. The summed E-state index contributed by atoms with van der Waals surface area (Å²) in [5.74, 6) is 0.265. The molecule has 0 saturated carbocycles. The lowest BCUT2D eigenvalue weighted by Gasteiger charge is -2.15. The van der Waals surface area contributed by atoms with Crippen molar-refractivity contribution in [3.05, 3.63) is 5.69 Å². The van der Waals surface area contributed by atoms with Gasteiger partial charge < -0.3 is 10.3 Å². The first kappa shape index (κ1) is 6.77. The number of carbonyl (C=O) groups is 1. The van der Waals surface area contributed by atoms with Crippen molar-refractivity contribution >= 4 is 17.7 Å². The summed E-state index contributed by atoms with van der Waals surface area (Å²) in [6, 6.07) is 0. The van der Waals surface area contributed by atoms with Gasteiger partial charge in [-0.25, -0.2) is 0 Å². The number of carbonyl (C=O) groups excluding carboxylic acids is 1. The summed E-state index contributed by atoms with van der Waals surface area (Å²) in [6.45, 7) is 0. The van der Waals surface area contributed by atoms with Gasteiger partial charge >= 0.3 is 0 Å². The number of amides is 1. The van der Waals surface area contributed by atoms with Crippen molar-refractivity contribution in [1.82, 2.24) is 9.55 Å². The third-order valence-corrected chi connectivity index (χ3v) is 1.78. The minimum Gasteiger partial charge on any atom is -0.364 e. The highest BCUT2D eigenvalue weighted by Crippen LogP contribution is 2.38. The van der Waals surface area contributed by atoms with Gasteiger partial charge in [0.25, 0.3) is 5.91 Å². The van der Waals surface area contributed by atoms with Gasteiger partial charge in [0.1, 0.15) is 0 Å². The number of hydrogen-bond donors (Lipinski definition) is 2. The Kier molecular flexibility index (Phi) is 1.02. The van der Waals surface area contributed by atoms with E-state index in [2.05, 4.69) is 10.2 Å². The van der Waals surface area contributed by atoms with Gasteiger partial charge in [-0.05, 0) is 0 Å². The molecule has 1 aromatic heterocycles. The predicted molar refractivity (Wildman–Crippen MR) is 39.0 cm³/mol. The lowest BCUT2D eigenvalue weighted by molar-refractivity contribution is 0.0994. The molecule has 0 fully saturated rings. The Balaban J connectivity index is 2.57. The molecule has 2 aliphatic rings. The average Bonchev–Trinajstić information content (AvgIpc) is 2.39. The highest BCUT2D eigenvalue weighted by molar-refractivity contribution is 6.00. The van der Waals surface area contributed by atoms with E-state index in [1.165, 1.54) is 9.58 Å². The number of imidazole rings is 1. The topological polar surface area (TPSA) is 100 Å². The Hall–Kier alpha value is -1.92. The molecule has 0 aliphatic carbocycles. The molecule has 62 valence electrons. The maximum Gasteiger partial charge on any atom is 0.269 e. The van der Waals surface area contributed by atoms with Crippen molar-refractivity contribution < 1.29 is 4.79 Å². The third-order valence-electron chi connectivity index (χ3n) is 1.78. The molecule has 2 aliphatic heterocycles. The summed E-state index contributed by atoms with van der Waals surface area (Å²) in [7, 11) is 1.65. The molecule has 0 aromatic carbocycles. The van der Waals surface area contributed by atoms with Gasteiger partial charge in [-0.2, -0.15) is 15.5 Å². The maximum atomic E-state index is 10.8. The number of primary amides is 1. The van der Waals surface area contributed by atoms with E-state index in [1.54, 1.807) is 7.05 Å². The van der Waals surface area contributed by atoms with Crippen LogP contribution in [0.5, 0.6) is 0 Å². The van der Waals surface area contributed by atoms with Gasteiger partial charge in [0, 0.05) is 7.05 Å². The van der Waals surface area contributed by atoms with Crippen LogP contribution in [0.15, 0.2) is 5.22 Å². The lowest BCUT2D eigenvalue weighted by Crippen LogP contribution is -2.18. The zero-order valence-corrected chi connectivity index (χ0v) is 6.27. The van der Waals surface area contributed by atoms with Crippen molar-refractivity contribution in [3.8, 4) is 0 Å². The van der Waals surface area contributed by atoms with Gasteiger partial charge in [0.15, 0.2) is 11.5 Å². The number of nitrogens with one attached hydrogen (secondary N) is 1. The fourth-order valence-corrected chi connectivity index (χ4v) is 1.23. The number of nitrogens with zero attached hydrogens (tertiary/aromatic N) is 4. The fraction of sp³-hybridized carbons (Fsp3) is 0.200. The molecule has 0 spiro atoms. The Bertz CT molecular complexity index is 380. The SMILES string of the molecule is Cn1c2nc(c1C(N)=O)N2N=N. The zero-order chi connectivity index (χ0) is 8.88. The Morgan fingerprint density at radius 1 is 1.75 bits per heavy atom. The molecule has 3 heterocycles. The summed E-state index contributed by atoms with van der Waals surface area (Å²) in [4.78, 5) is 14.7. The largest absolute Gasteiger partial charge is 0.364 e. The number of fused-ring (bicyclic) bond motifs is 1. The maximum absolute atomic E-state index is 10.8. The molecule has 7 heteroatoms. The van der Waals surface area contributed by atoms with Crippen molar-refractivity contribution in [2.24, 2.45) is 18.0 Å². The number of rotatable bonds is 2. The van der Waals surface area contributed by atoms with Gasteiger partial charge in [0.05, 0.1) is 0 Å². The van der Waals surface area contributed by atoms with Crippen molar-refractivity contribution in [2.45, 2.75) is 0 Å².